The van der Waals surface area contributed by atoms with Gasteiger partial charge < -0.3 is 5.73 Å². The van der Waals surface area contributed by atoms with Crippen molar-refractivity contribution in [2.24, 2.45) is 12.8 Å². The minimum absolute atomic E-state index is 0.220. The molecule has 0 amide bonds. The fraction of sp³-hybridized carbons (Fsp3) is 0.308. The van der Waals surface area contributed by atoms with E-state index in [9.17, 15) is 8.78 Å². The zero-order chi connectivity index (χ0) is 13.1. The standard InChI is InChI=1S/C13H15F2N3/c1-18-10(6-7-17-18)3-5-13(16)11-8-9(14)2-4-12(11)15/h2,4,6-8,13H,3,5,16H2,1H3. The van der Waals surface area contributed by atoms with Crippen LogP contribution in [0.1, 0.15) is 23.7 Å². The monoisotopic (exact) mass is 251 g/mol. The molecule has 0 radical (unpaired) electrons. The van der Waals surface area contributed by atoms with Crippen LogP contribution in [0.25, 0.3) is 0 Å². The second-order valence-electron chi connectivity index (χ2n) is 4.26. The molecule has 0 spiro atoms. The number of rotatable bonds is 4. The van der Waals surface area contributed by atoms with Crippen molar-refractivity contribution in [2.45, 2.75) is 18.9 Å². The molecule has 5 heteroatoms. The average molecular weight is 251 g/mol. The summed E-state index contributed by atoms with van der Waals surface area (Å²) < 4.78 is 28.3. The van der Waals surface area contributed by atoms with Gasteiger partial charge in [-0.3, -0.25) is 4.68 Å². The molecule has 18 heavy (non-hydrogen) atoms. The lowest BCUT2D eigenvalue weighted by atomic mass is 10.0. The van der Waals surface area contributed by atoms with Crippen LogP contribution in [0.5, 0.6) is 0 Å². The van der Waals surface area contributed by atoms with Gasteiger partial charge in [-0.15, -0.1) is 0 Å². The van der Waals surface area contributed by atoms with Crippen molar-refractivity contribution in [1.29, 1.82) is 0 Å². The largest absolute Gasteiger partial charge is 0.324 e. The highest BCUT2D eigenvalue weighted by molar-refractivity contribution is 5.22. The lowest BCUT2D eigenvalue weighted by Crippen LogP contribution is -2.14. The molecular weight excluding hydrogens is 236 g/mol. The molecule has 96 valence electrons. The van der Waals surface area contributed by atoms with Gasteiger partial charge >= 0.3 is 0 Å². The number of aryl methyl sites for hydroxylation is 2. The molecular formula is C13H15F2N3. The molecule has 0 aliphatic heterocycles. The first-order chi connectivity index (χ1) is 8.58. The van der Waals surface area contributed by atoms with E-state index in [1.807, 2.05) is 13.1 Å². The predicted molar refractivity (Wildman–Crippen MR) is 64.8 cm³/mol. The van der Waals surface area contributed by atoms with Crippen molar-refractivity contribution < 1.29 is 8.78 Å². The highest BCUT2D eigenvalue weighted by Gasteiger charge is 2.13. The summed E-state index contributed by atoms with van der Waals surface area (Å²) in [7, 11) is 1.84. The van der Waals surface area contributed by atoms with Crippen molar-refractivity contribution in [3.63, 3.8) is 0 Å². The van der Waals surface area contributed by atoms with Crippen LogP contribution in [0.15, 0.2) is 30.5 Å². The van der Waals surface area contributed by atoms with E-state index in [4.69, 9.17) is 5.73 Å². The second kappa shape index (κ2) is 5.27. The highest BCUT2D eigenvalue weighted by atomic mass is 19.1. The van der Waals surface area contributed by atoms with E-state index < -0.39 is 17.7 Å². The third kappa shape index (κ3) is 2.73. The van der Waals surface area contributed by atoms with E-state index in [1.54, 1.807) is 10.9 Å². The average Bonchev–Trinajstić information content (AvgIpc) is 2.75. The summed E-state index contributed by atoms with van der Waals surface area (Å²) in [6, 6.07) is 4.72. The van der Waals surface area contributed by atoms with E-state index in [0.717, 1.165) is 23.9 Å². The molecule has 0 fully saturated rings. The first-order valence-electron chi connectivity index (χ1n) is 5.75. The maximum atomic E-state index is 13.5. The van der Waals surface area contributed by atoms with Crippen molar-refractivity contribution in [3.8, 4) is 0 Å². The van der Waals surface area contributed by atoms with Gasteiger partial charge in [-0.1, -0.05) is 0 Å². The molecule has 0 aliphatic carbocycles. The van der Waals surface area contributed by atoms with Crippen molar-refractivity contribution >= 4 is 0 Å². The lowest BCUT2D eigenvalue weighted by molar-refractivity contribution is 0.542. The predicted octanol–water partition coefficient (Wildman–Crippen LogP) is 2.33. The quantitative estimate of drug-likeness (QED) is 0.906. The Morgan fingerprint density at radius 1 is 1.33 bits per heavy atom. The Hall–Kier alpha value is -1.75. The van der Waals surface area contributed by atoms with Crippen LogP contribution < -0.4 is 5.73 Å². The summed E-state index contributed by atoms with van der Waals surface area (Å²) in [6.45, 7) is 0. The van der Waals surface area contributed by atoms with Crippen molar-refractivity contribution in [2.75, 3.05) is 0 Å². The molecule has 1 aromatic heterocycles. The summed E-state index contributed by atoms with van der Waals surface area (Å²) in [5, 5.41) is 4.04. The molecule has 1 unspecified atom stereocenters. The SMILES string of the molecule is Cn1nccc1CCC(N)c1cc(F)ccc1F. The third-order valence-corrected chi connectivity index (χ3v) is 2.99. The first-order valence-corrected chi connectivity index (χ1v) is 5.75. The maximum absolute atomic E-state index is 13.5. The minimum Gasteiger partial charge on any atom is -0.324 e. The summed E-state index contributed by atoms with van der Waals surface area (Å²) in [5.41, 5.74) is 7.13. The van der Waals surface area contributed by atoms with Crippen molar-refractivity contribution in [1.82, 2.24) is 9.78 Å². The number of halogens is 2. The Morgan fingerprint density at radius 3 is 2.78 bits per heavy atom. The summed E-state index contributed by atoms with van der Waals surface area (Å²) in [4.78, 5) is 0. The Balaban J connectivity index is 2.06. The van der Waals surface area contributed by atoms with Crippen LogP contribution >= 0.6 is 0 Å². The van der Waals surface area contributed by atoms with Gasteiger partial charge in [0, 0.05) is 30.5 Å². The molecule has 0 saturated carbocycles. The molecule has 2 aromatic rings. The van der Waals surface area contributed by atoms with Gasteiger partial charge in [-0.05, 0) is 37.1 Å². The Kier molecular flexibility index (Phi) is 3.72. The normalized spacial score (nSPS) is 12.7. The summed E-state index contributed by atoms with van der Waals surface area (Å²) in [6.07, 6.45) is 2.91. The van der Waals surface area contributed by atoms with E-state index in [0.29, 0.717) is 12.8 Å². The van der Waals surface area contributed by atoms with E-state index >= 15 is 0 Å². The van der Waals surface area contributed by atoms with Gasteiger partial charge in [0.2, 0.25) is 0 Å². The number of benzene rings is 1. The number of hydrogen-bond acceptors (Lipinski definition) is 2. The lowest BCUT2D eigenvalue weighted by Gasteiger charge is -2.13. The van der Waals surface area contributed by atoms with Gasteiger partial charge in [0.25, 0.3) is 0 Å². The number of nitrogens with zero attached hydrogens (tertiary/aromatic N) is 2. The van der Waals surface area contributed by atoms with Gasteiger partial charge in [0.05, 0.1) is 0 Å². The molecule has 0 saturated heterocycles. The zero-order valence-corrected chi connectivity index (χ0v) is 10.1. The Bertz CT molecular complexity index is 537. The van der Waals surface area contributed by atoms with Gasteiger partial charge in [-0.25, -0.2) is 8.78 Å². The zero-order valence-electron chi connectivity index (χ0n) is 10.1. The molecule has 1 atom stereocenters. The van der Waals surface area contributed by atoms with Crippen LogP contribution in [-0.4, -0.2) is 9.78 Å². The van der Waals surface area contributed by atoms with Gasteiger partial charge in [0.1, 0.15) is 11.6 Å². The van der Waals surface area contributed by atoms with Crippen LogP contribution in [0.4, 0.5) is 8.78 Å². The highest BCUT2D eigenvalue weighted by Crippen LogP contribution is 2.20. The van der Waals surface area contributed by atoms with E-state index in [1.165, 1.54) is 0 Å². The molecule has 3 nitrogen and oxygen atoms in total. The summed E-state index contributed by atoms with van der Waals surface area (Å²) >= 11 is 0. The van der Waals surface area contributed by atoms with Crippen LogP contribution in [0.2, 0.25) is 0 Å². The molecule has 1 aromatic carbocycles. The fourth-order valence-electron chi connectivity index (χ4n) is 1.90. The van der Waals surface area contributed by atoms with Crippen LogP contribution in [0.3, 0.4) is 0 Å². The molecule has 0 bridgehead atoms. The summed E-state index contributed by atoms with van der Waals surface area (Å²) in [5.74, 6) is -0.934. The second-order valence-corrected chi connectivity index (χ2v) is 4.26. The smallest absolute Gasteiger partial charge is 0.128 e. The fourth-order valence-corrected chi connectivity index (χ4v) is 1.90. The number of nitrogens with two attached hydrogens (primary N) is 1. The molecule has 0 aliphatic rings. The van der Waals surface area contributed by atoms with Crippen LogP contribution in [-0.2, 0) is 13.5 Å². The van der Waals surface area contributed by atoms with Gasteiger partial charge in [0.15, 0.2) is 0 Å². The minimum atomic E-state index is -0.518. The molecule has 2 N–H and O–H groups in total. The maximum Gasteiger partial charge on any atom is 0.128 e. The third-order valence-electron chi connectivity index (χ3n) is 2.99. The first kappa shape index (κ1) is 12.7. The van der Waals surface area contributed by atoms with Gasteiger partial charge in [-0.2, -0.15) is 5.10 Å². The topological polar surface area (TPSA) is 43.8 Å². The van der Waals surface area contributed by atoms with Crippen molar-refractivity contribution in [3.05, 3.63) is 53.4 Å². The van der Waals surface area contributed by atoms with E-state index in [-0.39, 0.29) is 5.56 Å². The Morgan fingerprint density at radius 2 is 2.11 bits per heavy atom. The number of hydrogen-bond donors (Lipinski definition) is 1. The molecule has 2 rings (SSSR count). The number of aromatic nitrogens is 2. The Labute approximate surface area is 104 Å². The van der Waals surface area contributed by atoms with E-state index in [2.05, 4.69) is 5.10 Å². The van der Waals surface area contributed by atoms with Crippen LogP contribution in [0, 0.1) is 11.6 Å². The molecule has 1 heterocycles.